The van der Waals surface area contributed by atoms with Crippen LogP contribution in [0.25, 0.3) is 0 Å². The predicted octanol–water partition coefficient (Wildman–Crippen LogP) is 1.90. The smallest absolute Gasteiger partial charge is 0.336 e. The Morgan fingerprint density at radius 1 is 1.42 bits per heavy atom. The quantitative estimate of drug-likeness (QED) is 0.353. The van der Waals surface area contributed by atoms with Crippen LogP contribution < -0.4 is 0 Å². The Bertz CT molecular complexity index is 124. The summed E-state index contributed by atoms with van der Waals surface area (Å²) >= 11 is 0. The molecule has 0 aliphatic carbocycles. The highest BCUT2D eigenvalue weighted by Gasteiger charge is 2.16. The molecule has 0 bridgehead atoms. The average Bonchev–Trinajstić information content (AvgIpc) is 2.04. The standard InChI is InChI=1S/C8H16O4/c1-2-3-4-5-6-7(12-11)8(9)10/h7,11H,2-6H2,1H3,(H,9,10). The minimum atomic E-state index is -1.10. The van der Waals surface area contributed by atoms with E-state index < -0.39 is 12.1 Å². The first-order valence-electron chi connectivity index (χ1n) is 4.25. The van der Waals surface area contributed by atoms with E-state index in [-0.39, 0.29) is 0 Å². The van der Waals surface area contributed by atoms with E-state index in [1.165, 1.54) is 0 Å². The van der Waals surface area contributed by atoms with Crippen molar-refractivity contribution in [1.82, 2.24) is 0 Å². The zero-order valence-corrected chi connectivity index (χ0v) is 7.32. The third kappa shape index (κ3) is 5.09. The fourth-order valence-electron chi connectivity index (χ4n) is 0.978. The maximum Gasteiger partial charge on any atom is 0.336 e. The molecule has 1 unspecified atom stereocenters. The highest BCUT2D eigenvalue weighted by Crippen LogP contribution is 2.07. The lowest BCUT2D eigenvalue weighted by molar-refractivity contribution is -0.277. The minimum Gasteiger partial charge on any atom is -0.479 e. The molecule has 0 aromatic rings. The molecule has 0 fully saturated rings. The van der Waals surface area contributed by atoms with Crippen LogP contribution in [0, 0.1) is 0 Å². The van der Waals surface area contributed by atoms with Crippen molar-refractivity contribution in [2.24, 2.45) is 0 Å². The van der Waals surface area contributed by atoms with Crippen LogP contribution in [0.1, 0.15) is 39.0 Å². The molecule has 0 radical (unpaired) electrons. The number of hydrogen-bond acceptors (Lipinski definition) is 3. The van der Waals surface area contributed by atoms with Crippen molar-refractivity contribution in [1.29, 1.82) is 0 Å². The molecule has 0 aliphatic rings. The second-order valence-electron chi connectivity index (χ2n) is 2.78. The third-order valence-electron chi connectivity index (χ3n) is 1.72. The summed E-state index contributed by atoms with van der Waals surface area (Å²) in [5.74, 6) is -1.10. The highest BCUT2D eigenvalue weighted by molar-refractivity contribution is 5.72. The van der Waals surface area contributed by atoms with Crippen LogP contribution in [0.5, 0.6) is 0 Å². The van der Waals surface area contributed by atoms with E-state index in [9.17, 15) is 4.79 Å². The molecule has 4 nitrogen and oxygen atoms in total. The van der Waals surface area contributed by atoms with Crippen LogP contribution in [-0.4, -0.2) is 22.4 Å². The maximum atomic E-state index is 10.3. The van der Waals surface area contributed by atoms with Crippen molar-refractivity contribution in [3.8, 4) is 0 Å². The lowest BCUT2D eigenvalue weighted by atomic mass is 10.1. The van der Waals surface area contributed by atoms with Gasteiger partial charge in [-0.25, -0.2) is 9.68 Å². The van der Waals surface area contributed by atoms with E-state index >= 15 is 0 Å². The Labute approximate surface area is 72.1 Å². The molecule has 0 heterocycles. The van der Waals surface area contributed by atoms with E-state index in [2.05, 4.69) is 11.8 Å². The summed E-state index contributed by atoms with van der Waals surface area (Å²) in [5.41, 5.74) is 0. The summed E-state index contributed by atoms with van der Waals surface area (Å²) < 4.78 is 0. The molecule has 0 saturated heterocycles. The van der Waals surface area contributed by atoms with Gasteiger partial charge in [-0.05, 0) is 6.42 Å². The van der Waals surface area contributed by atoms with Crippen LogP contribution in [0.4, 0.5) is 0 Å². The van der Waals surface area contributed by atoms with Gasteiger partial charge in [-0.15, -0.1) is 0 Å². The van der Waals surface area contributed by atoms with Gasteiger partial charge in [0.05, 0.1) is 0 Å². The third-order valence-corrected chi connectivity index (χ3v) is 1.72. The van der Waals surface area contributed by atoms with Gasteiger partial charge < -0.3 is 5.11 Å². The summed E-state index contributed by atoms with van der Waals surface area (Å²) in [6.45, 7) is 2.08. The summed E-state index contributed by atoms with van der Waals surface area (Å²) in [6.07, 6.45) is 3.30. The first-order valence-corrected chi connectivity index (χ1v) is 4.25. The first-order chi connectivity index (χ1) is 5.72. The molecular weight excluding hydrogens is 160 g/mol. The fourth-order valence-corrected chi connectivity index (χ4v) is 0.978. The van der Waals surface area contributed by atoms with Crippen molar-refractivity contribution in [2.45, 2.75) is 45.1 Å². The Morgan fingerprint density at radius 3 is 2.50 bits per heavy atom. The van der Waals surface area contributed by atoms with Gasteiger partial charge >= 0.3 is 5.97 Å². The molecule has 0 amide bonds. The molecule has 4 heteroatoms. The van der Waals surface area contributed by atoms with E-state index in [1.807, 2.05) is 0 Å². The molecule has 0 aromatic carbocycles. The van der Waals surface area contributed by atoms with Crippen molar-refractivity contribution in [3.63, 3.8) is 0 Å². The largest absolute Gasteiger partial charge is 0.479 e. The van der Waals surface area contributed by atoms with E-state index in [0.717, 1.165) is 25.7 Å². The van der Waals surface area contributed by atoms with Gasteiger partial charge in [0.25, 0.3) is 0 Å². The van der Waals surface area contributed by atoms with Crippen LogP contribution >= 0.6 is 0 Å². The Hall–Kier alpha value is -0.610. The zero-order chi connectivity index (χ0) is 9.40. The summed E-state index contributed by atoms with van der Waals surface area (Å²) in [7, 11) is 0. The number of aliphatic carboxylic acids is 1. The Balaban J connectivity index is 3.38. The van der Waals surface area contributed by atoms with E-state index in [0.29, 0.717) is 6.42 Å². The molecule has 2 N–H and O–H groups in total. The maximum absolute atomic E-state index is 10.3. The van der Waals surface area contributed by atoms with Crippen LogP contribution in [0.15, 0.2) is 0 Å². The predicted molar refractivity (Wildman–Crippen MR) is 43.9 cm³/mol. The van der Waals surface area contributed by atoms with Gasteiger partial charge in [0.15, 0.2) is 6.10 Å². The zero-order valence-electron chi connectivity index (χ0n) is 7.32. The highest BCUT2D eigenvalue weighted by atomic mass is 17.1. The molecule has 0 rings (SSSR count). The number of carboxylic acid groups (broad SMARTS) is 1. The van der Waals surface area contributed by atoms with Gasteiger partial charge in [0, 0.05) is 0 Å². The molecule has 0 spiro atoms. The Morgan fingerprint density at radius 2 is 2.08 bits per heavy atom. The number of hydrogen-bond donors (Lipinski definition) is 2. The number of rotatable bonds is 7. The molecule has 0 aliphatic heterocycles. The molecular formula is C8H16O4. The monoisotopic (exact) mass is 176 g/mol. The number of carboxylic acids is 1. The summed E-state index contributed by atoms with van der Waals surface area (Å²) in [4.78, 5) is 14.1. The lowest BCUT2D eigenvalue weighted by Crippen LogP contribution is -2.22. The van der Waals surface area contributed by atoms with Crippen LogP contribution in [-0.2, 0) is 9.68 Å². The van der Waals surface area contributed by atoms with Gasteiger partial charge in [0.2, 0.25) is 0 Å². The molecule has 0 aromatic heterocycles. The minimum absolute atomic E-state index is 0.381. The van der Waals surface area contributed by atoms with E-state index in [4.69, 9.17) is 10.4 Å². The first kappa shape index (κ1) is 11.4. The van der Waals surface area contributed by atoms with Gasteiger partial charge in [-0.1, -0.05) is 32.6 Å². The van der Waals surface area contributed by atoms with Gasteiger partial charge in [0.1, 0.15) is 0 Å². The SMILES string of the molecule is CCCCCCC(OO)C(=O)O. The van der Waals surface area contributed by atoms with Gasteiger partial charge in [-0.3, -0.25) is 5.26 Å². The second kappa shape index (κ2) is 7.06. The number of unbranched alkanes of at least 4 members (excludes halogenated alkanes) is 3. The van der Waals surface area contributed by atoms with Gasteiger partial charge in [-0.2, -0.15) is 0 Å². The molecule has 72 valence electrons. The normalized spacial score (nSPS) is 12.8. The summed E-state index contributed by atoms with van der Waals surface area (Å²) in [5, 5.41) is 16.6. The molecule has 12 heavy (non-hydrogen) atoms. The Kier molecular flexibility index (Phi) is 6.70. The van der Waals surface area contributed by atoms with Crippen LogP contribution in [0.2, 0.25) is 0 Å². The van der Waals surface area contributed by atoms with Crippen molar-refractivity contribution < 1.29 is 20.0 Å². The number of carbonyl (C=O) groups is 1. The van der Waals surface area contributed by atoms with Crippen molar-refractivity contribution in [3.05, 3.63) is 0 Å². The fraction of sp³-hybridized carbons (Fsp3) is 0.875. The second-order valence-corrected chi connectivity index (χ2v) is 2.78. The van der Waals surface area contributed by atoms with Crippen molar-refractivity contribution >= 4 is 5.97 Å². The average molecular weight is 176 g/mol. The molecule has 1 atom stereocenters. The molecule has 0 saturated carbocycles. The lowest BCUT2D eigenvalue weighted by Gasteiger charge is -2.06. The van der Waals surface area contributed by atoms with Crippen LogP contribution in [0.3, 0.4) is 0 Å². The van der Waals surface area contributed by atoms with E-state index in [1.54, 1.807) is 0 Å². The topological polar surface area (TPSA) is 66.8 Å². The summed E-state index contributed by atoms with van der Waals surface area (Å²) in [6, 6.07) is 0. The van der Waals surface area contributed by atoms with Crippen molar-refractivity contribution in [2.75, 3.05) is 0 Å².